The van der Waals surface area contributed by atoms with Gasteiger partial charge in [-0.25, -0.2) is 0 Å². The van der Waals surface area contributed by atoms with E-state index in [4.69, 9.17) is 4.74 Å². The topological polar surface area (TPSA) is 49.8 Å². The Hall–Kier alpha value is -1.55. The maximum absolute atomic E-state index is 11.5. The Balaban J connectivity index is 2.50. The van der Waals surface area contributed by atoms with Gasteiger partial charge in [0, 0.05) is 13.6 Å². The molecule has 0 saturated heterocycles. The lowest BCUT2D eigenvalue weighted by Crippen LogP contribution is -2.31. The molecule has 1 aromatic carbocycles. The highest BCUT2D eigenvalue weighted by atomic mass is 16.5. The SMILES string of the molecule is CCN(C)C(=O)COc1ccc([C@@H](C)O)cc1. The molecule has 1 atom stereocenters. The van der Waals surface area contributed by atoms with Crippen molar-refractivity contribution in [1.82, 2.24) is 4.90 Å². The van der Waals surface area contributed by atoms with Gasteiger partial charge in [-0.15, -0.1) is 0 Å². The molecule has 0 aliphatic carbocycles. The molecule has 1 amide bonds. The Morgan fingerprint density at radius 1 is 1.41 bits per heavy atom. The summed E-state index contributed by atoms with van der Waals surface area (Å²) in [7, 11) is 1.74. The third-order valence-corrected chi connectivity index (χ3v) is 2.62. The van der Waals surface area contributed by atoms with Gasteiger partial charge in [0.15, 0.2) is 6.61 Å². The van der Waals surface area contributed by atoms with Gasteiger partial charge in [-0.3, -0.25) is 4.79 Å². The van der Waals surface area contributed by atoms with Crippen LogP contribution in [0.5, 0.6) is 5.75 Å². The first-order chi connectivity index (χ1) is 8.04. The van der Waals surface area contributed by atoms with Crippen molar-refractivity contribution in [3.63, 3.8) is 0 Å². The van der Waals surface area contributed by atoms with Crippen molar-refractivity contribution >= 4 is 5.91 Å². The van der Waals surface area contributed by atoms with Crippen molar-refractivity contribution in [2.24, 2.45) is 0 Å². The molecule has 4 heteroatoms. The monoisotopic (exact) mass is 237 g/mol. The first-order valence-electron chi connectivity index (χ1n) is 5.69. The highest BCUT2D eigenvalue weighted by Crippen LogP contribution is 2.17. The van der Waals surface area contributed by atoms with E-state index in [1.807, 2.05) is 6.92 Å². The number of carbonyl (C=O) groups excluding carboxylic acids is 1. The molecule has 1 N–H and O–H groups in total. The minimum Gasteiger partial charge on any atom is -0.484 e. The van der Waals surface area contributed by atoms with Gasteiger partial charge in [0.25, 0.3) is 5.91 Å². The highest BCUT2D eigenvalue weighted by Gasteiger charge is 2.07. The summed E-state index contributed by atoms with van der Waals surface area (Å²) in [6, 6.07) is 7.07. The molecule has 0 aliphatic heterocycles. The normalized spacial score (nSPS) is 12.0. The van der Waals surface area contributed by atoms with Gasteiger partial charge in [-0.2, -0.15) is 0 Å². The van der Waals surface area contributed by atoms with Crippen molar-refractivity contribution in [3.05, 3.63) is 29.8 Å². The van der Waals surface area contributed by atoms with Gasteiger partial charge < -0.3 is 14.7 Å². The van der Waals surface area contributed by atoms with E-state index in [1.54, 1.807) is 43.1 Å². The Kier molecular flexibility index (Phi) is 4.97. The second-order valence-corrected chi connectivity index (χ2v) is 3.94. The van der Waals surface area contributed by atoms with Crippen LogP contribution in [-0.4, -0.2) is 36.1 Å². The highest BCUT2D eigenvalue weighted by molar-refractivity contribution is 5.77. The molecule has 4 nitrogen and oxygen atoms in total. The maximum atomic E-state index is 11.5. The van der Waals surface area contributed by atoms with Crippen LogP contribution in [0.25, 0.3) is 0 Å². The minimum atomic E-state index is -0.489. The third-order valence-electron chi connectivity index (χ3n) is 2.62. The molecule has 94 valence electrons. The average Bonchev–Trinajstić information content (AvgIpc) is 2.35. The van der Waals surface area contributed by atoms with E-state index in [0.717, 1.165) is 5.56 Å². The fraction of sp³-hybridized carbons (Fsp3) is 0.462. The van der Waals surface area contributed by atoms with Gasteiger partial charge in [-0.05, 0) is 31.5 Å². The molecule has 0 unspecified atom stereocenters. The van der Waals surface area contributed by atoms with Crippen LogP contribution in [0.15, 0.2) is 24.3 Å². The number of aliphatic hydroxyl groups is 1. The molecular weight excluding hydrogens is 218 g/mol. The Morgan fingerprint density at radius 2 is 2.00 bits per heavy atom. The number of ether oxygens (including phenoxy) is 1. The molecule has 17 heavy (non-hydrogen) atoms. The Morgan fingerprint density at radius 3 is 2.47 bits per heavy atom. The molecule has 0 spiro atoms. The molecule has 0 fully saturated rings. The summed E-state index contributed by atoms with van der Waals surface area (Å²) in [5, 5.41) is 9.34. The minimum absolute atomic E-state index is 0.0400. The second-order valence-electron chi connectivity index (χ2n) is 3.94. The summed E-state index contributed by atoms with van der Waals surface area (Å²) in [5.41, 5.74) is 0.828. The summed E-state index contributed by atoms with van der Waals surface area (Å²) in [6.45, 7) is 4.33. The molecule has 0 bridgehead atoms. The molecular formula is C13H19NO3. The molecule has 0 radical (unpaired) electrons. The van der Waals surface area contributed by atoms with Crippen molar-refractivity contribution in [2.45, 2.75) is 20.0 Å². The zero-order valence-corrected chi connectivity index (χ0v) is 10.5. The number of hydrogen-bond acceptors (Lipinski definition) is 3. The summed E-state index contributed by atoms with van der Waals surface area (Å²) in [4.78, 5) is 13.1. The van der Waals surface area contributed by atoms with Crippen LogP contribution in [-0.2, 0) is 4.79 Å². The lowest BCUT2D eigenvalue weighted by atomic mass is 10.1. The van der Waals surface area contributed by atoms with E-state index < -0.39 is 6.10 Å². The summed E-state index contributed by atoms with van der Waals surface area (Å²) >= 11 is 0. The van der Waals surface area contributed by atoms with Crippen molar-refractivity contribution in [2.75, 3.05) is 20.2 Å². The van der Waals surface area contributed by atoms with Gasteiger partial charge >= 0.3 is 0 Å². The predicted octanol–water partition coefficient (Wildman–Crippen LogP) is 1.60. The van der Waals surface area contributed by atoms with Gasteiger partial charge in [0.2, 0.25) is 0 Å². The Bertz CT molecular complexity index is 359. The summed E-state index contributed by atoms with van der Waals surface area (Å²) in [5.74, 6) is 0.583. The number of likely N-dealkylation sites (N-methyl/N-ethyl adjacent to an activating group) is 1. The van der Waals surface area contributed by atoms with Crippen LogP contribution in [0.2, 0.25) is 0 Å². The summed E-state index contributed by atoms with van der Waals surface area (Å²) in [6.07, 6.45) is -0.489. The largest absolute Gasteiger partial charge is 0.484 e. The number of benzene rings is 1. The number of hydrogen-bond donors (Lipinski definition) is 1. The smallest absolute Gasteiger partial charge is 0.260 e. The van der Waals surface area contributed by atoms with Crippen molar-refractivity contribution in [3.8, 4) is 5.75 Å². The van der Waals surface area contributed by atoms with Crippen molar-refractivity contribution in [1.29, 1.82) is 0 Å². The number of nitrogens with zero attached hydrogens (tertiary/aromatic N) is 1. The van der Waals surface area contributed by atoms with Gasteiger partial charge in [-0.1, -0.05) is 12.1 Å². The molecule has 0 aliphatic rings. The number of carbonyl (C=O) groups is 1. The predicted molar refractivity (Wildman–Crippen MR) is 65.9 cm³/mol. The lowest BCUT2D eigenvalue weighted by molar-refractivity contribution is -0.131. The molecule has 0 aromatic heterocycles. The number of rotatable bonds is 5. The van der Waals surface area contributed by atoms with Gasteiger partial charge in [0.05, 0.1) is 6.10 Å². The lowest BCUT2D eigenvalue weighted by Gasteiger charge is -2.15. The number of aliphatic hydroxyl groups excluding tert-OH is 1. The second kappa shape index (κ2) is 6.25. The Labute approximate surface area is 102 Å². The van der Waals surface area contributed by atoms with Crippen LogP contribution < -0.4 is 4.74 Å². The van der Waals surface area contributed by atoms with Crippen LogP contribution in [0, 0.1) is 0 Å². The fourth-order valence-corrected chi connectivity index (χ4v) is 1.27. The van der Waals surface area contributed by atoms with Crippen LogP contribution in [0.1, 0.15) is 25.5 Å². The van der Waals surface area contributed by atoms with Gasteiger partial charge in [0.1, 0.15) is 5.75 Å². The quantitative estimate of drug-likeness (QED) is 0.846. The average molecular weight is 237 g/mol. The van der Waals surface area contributed by atoms with Crippen LogP contribution >= 0.6 is 0 Å². The third kappa shape index (κ3) is 4.07. The maximum Gasteiger partial charge on any atom is 0.260 e. The van der Waals surface area contributed by atoms with E-state index >= 15 is 0 Å². The van der Waals surface area contributed by atoms with Crippen LogP contribution in [0.3, 0.4) is 0 Å². The first-order valence-corrected chi connectivity index (χ1v) is 5.69. The zero-order valence-electron chi connectivity index (χ0n) is 10.5. The van der Waals surface area contributed by atoms with E-state index in [9.17, 15) is 9.90 Å². The van der Waals surface area contributed by atoms with E-state index in [-0.39, 0.29) is 12.5 Å². The van der Waals surface area contributed by atoms with E-state index in [2.05, 4.69) is 0 Å². The molecule has 0 saturated carbocycles. The zero-order chi connectivity index (χ0) is 12.8. The molecule has 0 heterocycles. The molecule has 1 rings (SSSR count). The standard InChI is InChI=1S/C13H19NO3/c1-4-14(3)13(16)9-17-12-7-5-11(6-8-12)10(2)15/h5-8,10,15H,4,9H2,1-3H3/t10-/m1/s1. The van der Waals surface area contributed by atoms with E-state index in [0.29, 0.717) is 12.3 Å². The summed E-state index contributed by atoms with van der Waals surface area (Å²) < 4.78 is 5.35. The van der Waals surface area contributed by atoms with Crippen LogP contribution in [0.4, 0.5) is 0 Å². The number of amides is 1. The van der Waals surface area contributed by atoms with Crippen molar-refractivity contribution < 1.29 is 14.6 Å². The fourth-order valence-electron chi connectivity index (χ4n) is 1.27. The molecule has 1 aromatic rings. The van der Waals surface area contributed by atoms with E-state index in [1.165, 1.54) is 0 Å². The first kappa shape index (κ1) is 13.5.